The van der Waals surface area contributed by atoms with Gasteiger partial charge in [0.2, 0.25) is 5.91 Å². The van der Waals surface area contributed by atoms with Gasteiger partial charge in [-0.25, -0.2) is 4.98 Å². The molecule has 1 amide bonds. The van der Waals surface area contributed by atoms with Crippen molar-refractivity contribution >= 4 is 28.6 Å². The molecule has 0 radical (unpaired) electrons. The third kappa shape index (κ3) is 4.51. The fourth-order valence-corrected chi connectivity index (χ4v) is 3.63. The van der Waals surface area contributed by atoms with E-state index >= 15 is 0 Å². The van der Waals surface area contributed by atoms with E-state index in [1.807, 2.05) is 45.9 Å². The van der Waals surface area contributed by atoms with Crippen molar-refractivity contribution in [1.82, 2.24) is 14.5 Å². The van der Waals surface area contributed by atoms with Gasteiger partial charge >= 0.3 is 0 Å². The average molecular weight is 359 g/mol. The molecule has 5 nitrogen and oxygen atoms in total. The number of benzene rings is 1. The average Bonchev–Trinajstić information content (AvgIpc) is 2.57. The van der Waals surface area contributed by atoms with Crippen LogP contribution in [0.1, 0.15) is 33.7 Å². The van der Waals surface area contributed by atoms with Gasteiger partial charge in [-0.3, -0.25) is 14.2 Å². The SMILES string of the molecule is C=C(C)CN(CC)C(=O)CSc1nc2ccccc2c(=O)n1C(C)C. The Labute approximate surface area is 152 Å². The van der Waals surface area contributed by atoms with E-state index in [2.05, 4.69) is 11.6 Å². The molecular weight excluding hydrogens is 334 g/mol. The molecular formula is C19H25N3O2S. The van der Waals surface area contributed by atoms with Crippen molar-refractivity contribution in [3.05, 3.63) is 46.8 Å². The summed E-state index contributed by atoms with van der Waals surface area (Å²) >= 11 is 1.31. The van der Waals surface area contributed by atoms with Crippen molar-refractivity contribution in [3.8, 4) is 0 Å². The first-order valence-electron chi connectivity index (χ1n) is 8.41. The van der Waals surface area contributed by atoms with Crippen LogP contribution in [-0.2, 0) is 4.79 Å². The van der Waals surface area contributed by atoms with E-state index in [1.54, 1.807) is 15.5 Å². The van der Waals surface area contributed by atoms with Crippen LogP contribution < -0.4 is 5.56 Å². The predicted octanol–water partition coefficient (Wildman–Crippen LogP) is 3.49. The molecule has 0 bridgehead atoms. The number of carbonyl (C=O) groups excluding carboxylic acids is 1. The van der Waals surface area contributed by atoms with Crippen LogP contribution in [0.4, 0.5) is 0 Å². The van der Waals surface area contributed by atoms with Gasteiger partial charge in [0, 0.05) is 19.1 Å². The number of amides is 1. The number of aromatic nitrogens is 2. The van der Waals surface area contributed by atoms with Crippen LogP contribution in [0.3, 0.4) is 0 Å². The van der Waals surface area contributed by atoms with Gasteiger partial charge in [-0.05, 0) is 39.8 Å². The molecule has 6 heteroatoms. The Balaban J connectivity index is 2.31. The van der Waals surface area contributed by atoms with Crippen molar-refractivity contribution in [2.24, 2.45) is 0 Å². The predicted molar refractivity (Wildman–Crippen MR) is 104 cm³/mol. The lowest BCUT2D eigenvalue weighted by atomic mass is 10.2. The minimum absolute atomic E-state index is 0.0215. The standard InChI is InChI=1S/C19H25N3O2S/c1-6-21(11-13(2)3)17(23)12-25-19-20-16-10-8-7-9-15(16)18(24)22(19)14(4)5/h7-10,14H,2,6,11-12H2,1,3-5H3. The zero-order valence-corrected chi connectivity index (χ0v) is 16.1. The van der Waals surface area contributed by atoms with E-state index in [9.17, 15) is 9.59 Å². The fourth-order valence-electron chi connectivity index (χ4n) is 2.60. The zero-order valence-electron chi connectivity index (χ0n) is 15.3. The third-order valence-electron chi connectivity index (χ3n) is 3.81. The zero-order chi connectivity index (χ0) is 18.6. The summed E-state index contributed by atoms with van der Waals surface area (Å²) in [6.45, 7) is 12.8. The van der Waals surface area contributed by atoms with Crippen molar-refractivity contribution in [2.45, 2.75) is 38.9 Å². The molecule has 0 saturated heterocycles. The summed E-state index contributed by atoms with van der Waals surface area (Å²) in [5, 5.41) is 1.18. The number of rotatable bonds is 7. The van der Waals surface area contributed by atoms with Crippen molar-refractivity contribution < 1.29 is 4.79 Å². The molecule has 134 valence electrons. The Bertz CT molecular complexity index is 842. The molecule has 2 aromatic rings. The van der Waals surface area contributed by atoms with Gasteiger partial charge in [0.15, 0.2) is 5.16 Å². The summed E-state index contributed by atoms with van der Waals surface area (Å²) in [6, 6.07) is 7.28. The number of hydrogen-bond acceptors (Lipinski definition) is 4. The third-order valence-corrected chi connectivity index (χ3v) is 4.75. The number of fused-ring (bicyclic) bond motifs is 1. The summed E-state index contributed by atoms with van der Waals surface area (Å²) in [6.07, 6.45) is 0. The number of carbonyl (C=O) groups is 1. The smallest absolute Gasteiger partial charge is 0.262 e. The molecule has 1 aromatic heterocycles. The maximum atomic E-state index is 12.8. The van der Waals surface area contributed by atoms with Crippen LogP contribution in [0.15, 0.2) is 46.4 Å². The largest absolute Gasteiger partial charge is 0.338 e. The topological polar surface area (TPSA) is 55.2 Å². The molecule has 0 atom stereocenters. The maximum Gasteiger partial charge on any atom is 0.262 e. The molecule has 1 heterocycles. The first-order chi connectivity index (χ1) is 11.8. The van der Waals surface area contributed by atoms with Crippen molar-refractivity contribution in [3.63, 3.8) is 0 Å². The highest BCUT2D eigenvalue weighted by Gasteiger charge is 2.17. The van der Waals surface area contributed by atoms with E-state index < -0.39 is 0 Å². The highest BCUT2D eigenvalue weighted by molar-refractivity contribution is 7.99. The monoisotopic (exact) mass is 359 g/mol. The van der Waals surface area contributed by atoms with E-state index in [4.69, 9.17) is 0 Å². The van der Waals surface area contributed by atoms with Gasteiger partial charge < -0.3 is 4.90 Å². The molecule has 0 fully saturated rings. The highest BCUT2D eigenvalue weighted by atomic mass is 32.2. The van der Waals surface area contributed by atoms with Crippen molar-refractivity contribution in [2.75, 3.05) is 18.8 Å². The first kappa shape index (κ1) is 19.2. The van der Waals surface area contributed by atoms with Gasteiger partial charge in [0.1, 0.15) is 0 Å². The lowest BCUT2D eigenvalue weighted by molar-refractivity contribution is -0.127. The number of nitrogens with zero attached hydrogens (tertiary/aromatic N) is 3. The van der Waals surface area contributed by atoms with Gasteiger partial charge in [0.05, 0.1) is 16.7 Å². The van der Waals surface area contributed by atoms with E-state index in [0.29, 0.717) is 29.1 Å². The second-order valence-electron chi connectivity index (χ2n) is 6.33. The van der Waals surface area contributed by atoms with Crippen LogP contribution in [0.2, 0.25) is 0 Å². The van der Waals surface area contributed by atoms with Crippen LogP contribution in [-0.4, -0.2) is 39.2 Å². The van der Waals surface area contributed by atoms with Crippen LogP contribution in [0, 0.1) is 0 Å². The van der Waals surface area contributed by atoms with Crippen LogP contribution in [0.25, 0.3) is 10.9 Å². The normalized spacial score (nSPS) is 11.1. The number of para-hydroxylation sites is 1. The Kier molecular flexibility index (Phi) is 6.42. The second kappa shape index (κ2) is 8.34. The molecule has 25 heavy (non-hydrogen) atoms. The summed E-state index contributed by atoms with van der Waals surface area (Å²) in [7, 11) is 0. The lowest BCUT2D eigenvalue weighted by Crippen LogP contribution is -2.34. The highest BCUT2D eigenvalue weighted by Crippen LogP contribution is 2.21. The van der Waals surface area contributed by atoms with Crippen molar-refractivity contribution in [1.29, 1.82) is 0 Å². The first-order valence-corrected chi connectivity index (χ1v) is 9.40. The summed E-state index contributed by atoms with van der Waals surface area (Å²) in [5.41, 5.74) is 1.54. The van der Waals surface area contributed by atoms with Gasteiger partial charge in [-0.2, -0.15) is 0 Å². The Morgan fingerprint density at radius 3 is 2.64 bits per heavy atom. The quantitative estimate of drug-likeness (QED) is 0.431. The number of likely N-dealkylation sites (N-methyl/N-ethyl adjacent to an activating group) is 1. The second-order valence-corrected chi connectivity index (χ2v) is 7.28. The fraction of sp³-hybridized carbons (Fsp3) is 0.421. The molecule has 0 N–H and O–H groups in total. The van der Waals surface area contributed by atoms with Gasteiger partial charge in [0.25, 0.3) is 5.56 Å². The van der Waals surface area contributed by atoms with Crippen LogP contribution >= 0.6 is 11.8 Å². The maximum absolute atomic E-state index is 12.8. The molecule has 0 unspecified atom stereocenters. The Morgan fingerprint density at radius 1 is 1.36 bits per heavy atom. The van der Waals surface area contributed by atoms with Gasteiger partial charge in [-0.15, -0.1) is 0 Å². The van der Waals surface area contributed by atoms with E-state index in [-0.39, 0.29) is 23.3 Å². The summed E-state index contributed by atoms with van der Waals surface area (Å²) < 4.78 is 1.66. The molecule has 0 saturated carbocycles. The summed E-state index contributed by atoms with van der Waals surface area (Å²) in [5.74, 6) is 0.270. The van der Waals surface area contributed by atoms with E-state index in [0.717, 1.165) is 5.57 Å². The Morgan fingerprint density at radius 2 is 2.04 bits per heavy atom. The molecule has 2 rings (SSSR count). The summed E-state index contributed by atoms with van der Waals surface area (Å²) in [4.78, 5) is 31.6. The Hall–Kier alpha value is -2.08. The molecule has 0 aliphatic rings. The van der Waals surface area contributed by atoms with Crippen LogP contribution in [0.5, 0.6) is 0 Å². The molecule has 0 aliphatic heterocycles. The van der Waals surface area contributed by atoms with E-state index in [1.165, 1.54) is 11.8 Å². The molecule has 1 aromatic carbocycles. The minimum atomic E-state index is -0.0650. The number of hydrogen-bond donors (Lipinski definition) is 0. The minimum Gasteiger partial charge on any atom is -0.338 e. The lowest BCUT2D eigenvalue weighted by Gasteiger charge is -2.21. The molecule has 0 spiro atoms. The molecule has 0 aliphatic carbocycles. The van der Waals surface area contributed by atoms with Gasteiger partial charge in [-0.1, -0.05) is 36.0 Å². The number of thioether (sulfide) groups is 1.